The molecule has 2 aromatic rings. The number of hydrogen-bond acceptors (Lipinski definition) is 4. The van der Waals surface area contributed by atoms with Crippen molar-refractivity contribution < 1.29 is 19.1 Å². The van der Waals surface area contributed by atoms with Crippen LogP contribution in [0.25, 0.3) is 0 Å². The standard InChI is InChI=1S/C20H19Cl2NO4/c1-2-4-19(25)23-14-9-7-13(8-10-14)18(24)12-27-20(26)11-15-16(21)5-3-6-17(15)22/h3,5-10H,2,4,11-12H2,1H3,(H,23,25). The molecule has 0 aliphatic rings. The summed E-state index contributed by atoms with van der Waals surface area (Å²) < 4.78 is 5.02. The molecule has 0 bridgehead atoms. The van der Waals surface area contributed by atoms with Gasteiger partial charge in [0.2, 0.25) is 5.91 Å². The molecule has 0 unspecified atom stereocenters. The highest BCUT2D eigenvalue weighted by Crippen LogP contribution is 2.24. The monoisotopic (exact) mass is 407 g/mol. The van der Waals surface area contributed by atoms with Crippen LogP contribution in [0.3, 0.4) is 0 Å². The number of hydrogen-bond donors (Lipinski definition) is 1. The minimum atomic E-state index is -0.596. The number of halogens is 2. The minimum absolute atomic E-state index is 0.0799. The molecular formula is C20H19Cl2NO4. The van der Waals surface area contributed by atoms with E-state index in [0.717, 1.165) is 6.42 Å². The lowest BCUT2D eigenvalue weighted by molar-refractivity contribution is -0.141. The van der Waals surface area contributed by atoms with Crippen LogP contribution < -0.4 is 5.32 Å². The molecule has 0 saturated carbocycles. The number of ether oxygens (including phenoxy) is 1. The van der Waals surface area contributed by atoms with Crippen molar-refractivity contribution in [2.75, 3.05) is 11.9 Å². The molecule has 1 N–H and O–H groups in total. The van der Waals surface area contributed by atoms with Crippen LogP contribution in [0.5, 0.6) is 0 Å². The molecule has 0 aliphatic heterocycles. The van der Waals surface area contributed by atoms with Gasteiger partial charge in [-0.2, -0.15) is 0 Å². The normalized spacial score (nSPS) is 10.3. The fraction of sp³-hybridized carbons (Fsp3) is 0.250. The van der Waals surface area contributed by atoms with Gasteiger partial charge in [-0.15, -0.1) is 0 Å². The van der Waals surface area contributed by atoms with Crippen molar-refractivity contribution in [1.82, 2.24) is 0 Å². The molecule has 5 nitrogen and oxygen atoms in total. The van der Waals surface area contributed by atoms with Crippen LogP contribution in [-0.2, 0) is 20.7 Å². The summed E-state index contributed by atoms with van der Waals surface area (Å²) in [6.07, 6.45) is 1.08. The number of ketones is 1. The van der Waals surface area contributed by atoms with E-state index in [1.807, 2.05) is 6.92 Å². The van der Waals surface area contributed by atoms with Crippen molar-refractivity contribution in [3.05, 3.63) is 63.6 Å². The van der Waals surface area contributed by atoms with Crippen molar-refractivity contribution in [2.24, 2.45) is 0 Å². The van der Waals surface area contributed by atoms with E-state index in [9.17, 15) is 14.4 Å². The topological polar surface area (TPSA) is 72.5 Å². The summed E-state index contributed by atoms with van der Waals surface area (Å²) in [6.45, 7) is 1.53. The number of anilines is 1. The van der Waals surface area contributed by atoms with Gasteiger partial charge >= 0.3 is 5.97 Å². The molecule has 0 heterocycles. The summed E-state index contributed by atoms with van der Waals surface area (Å²) in [5.74, 6) is -1.02. The first kappa shape index (κ1) is 20.9. The van der Waals surface area contributed by atoms with Crippen molar-refractivity contribution in [2.45, 2.75) is 26.2 Å². The molecule has 0 radical (unpaired) electrons. The summed E-state index contributed by atoms with van der Waals surface area (Å²) in [5, 5.41) is 3.47. The first-order chi connectivity index (χ1) is 12.9. The molecule has 0 saturated heterocycles. The Morgan fingerprint density at radius 2 is 1.63 bits per heavy atom. The van der Waals surface area contributed by atoms with E-state index in [1.54, 1.807) is 42.5 Å². The highest BCUT2D eigenvalue weighted by molar-refractivity contribution is 6.36. The maximum Gasteiger partial charge on any atom is 0.310 e. The summed E-state index contributed by atoms with van der Waals surface area (Å²) >= 11 is 12.0. The van der Waals surface area contributed by atoms with Crippen LogP contribution in [0.4, 0.5) is 5.69 Å². The summed E-state index contributed by atoms with van der Waals surface area (Å²) in [5.41, 5.74) is 1.45. The first-order valence-electron chi connectivity index (χ1n) is 8.42. The highest BCUT2D eigenvalue weighted by Gasteiger charge is 2.14. The average molecular weight is 408 g/mol. The molecule has 0 atom stereocenters. The van der Waals surface area contributed by atoms with Crippen LogP contribution in [0.15, 0.2) is 42.5 Å². The van der Waals surface area contributed by atoms with Crippen molar-refractivity contribution in [1.29, 1.82) is 0 Å². The van der Waals surface area contributed by atoms with Gasteiger partial charge in [0.25, 0.3) is 0 Å². The summed E-state index contributed by atoms with van der Waals surface area (Å²) in [6, 6.07) is 11.3. The Balaban J connectivity index is 1.88. The Kier molecular flexibility index (Phi) is 7.82. The largest absolute Gasteiger partial charge is 0.457 e. The van der Waals surface area contributed by atoms with Gasteiger partial charge in [0.05, 0.1) is 6.42 Å². The number of Topliss-reactive ketones (excluding diaryl/α,β-unsaturated/α-hetero) is 1. The first-order valence-corrected chi connectivity index (χ1v) is 9.18. The van der Waals surface area contributed by atoms with Gasteiger partial charge in [-0.1, -0.05) is 36.2 Å². The average Bonchev–Trinajstić information content (AvgIpc) is 2.63. The van der Waals surface area contributed by atoms with Crippen molar-refractivity contribution >= 4 is 46.5 Å². The number of amides is 1. The van der Waals surface area contributed by atoms with E-state index in [0.29, 0.717) is 33.3 Å². The van der Waals surface area contributed by atoms with Gasteiger partial charge in [0, 0.05) is 33.3 Å². The third-order valence-corrected chi connectivity index (χ3v) is 4.42. The van der Waals surface area contributed by atoms with E-state index < -0.39 is 5.97 Å². The second-order valence-corrected chi connectivity index (χ2v) is 6.65. The summed E-state index contributed by atoms with van der Waals surface area (Å²) in [4.78, 5) is 35.7. The summed E-state index contributed by atoms with van der Waals surface area (Å²) in [7, 11) is 0. The maximum absolute atomic E-state index is 12.2. The fourth-order valence-electron chi connectivity index (χ4n) is 2.32. The Morgan fingerprint density at radius 3 is 2.22 bits per heavy atom. The molecule has 0 spiro atoms. The number of rotatable bonds is 8. The van der Waals surface area contributed by atoms with E-state index >= 15 is 0 Å². The Bertz CT molecular complexity index is 814. The third kappa shape index (κ3) is 6.38. The van der Waals surface area contributed by atoms with Crippen LogP contribution in [0, 0.1) is 0 Å². The van der Waals surface area contributed by atoms with Crippen LogP contribution in [0.1, 0.15) is 35.7 Å². The second kappa shape index (κ2) is 10.1. The van der Waals surface area contributed by atoms with E-state index in [1.165, 1.54) is 0 Å². The number of benzene rings is 2. The zero-order valence-corrected chi connectivity index (χ0v) is 16.3. The molecule has 1 amide bonds. The number of carbonyl (C=O) groups is 3. The molecule has 0 aliphatic carbocycles. The number of nitrogens with one attached hydrogen (secondary N) is 1. The maximum atomic E-state index is 12.2. The van der Waals surface area contributed by atoms with Gasteiger partial charge in [-0.25, -0.2) is 0 Å². The molecule has 0 aromatic heterocycles. The van der Waals surface area contributed by atoms with Gasteiger partial charge in [-0.05, 0) is 42.8 Å². The second-order valence-electron chi connectivity index (χ2n) is 5.84. The van der Waals surface area contributed by atoms with Crippen LogP contribution in [0.2, 0.25) is 10.0 Å². The zero-order valence-electron chi connectivity index (χ0n) is 14.8. The molecule has 2 rings (SSSR count). The van der Waals surface area contributed by atoms with Crippen molar-refractivity contribution in [3.8, 4) is 0 Å². The lowest BCUT2D eigenvalue weighted by Gasteiger charge is -2.08. The molecule has 2 aromatic carbocycles. The third-order valence-electron chi connectivity index (χ3n) is 3.71. The van der Waals surface area contributed by atoms with E-state index in [2.05, 4.69) is 5.32 Å². The van der Waals surface area contributed by atoms with E-state index in [4.69, 9.17) is 27.9 Å². The highest BCUT2D eigenvalue weighted by atomic mass is 35.5. The van der Waals surface area contributed by atoms with Crippen molar-refractivity contribution in [3.63, 3.8) is 0 Å². The van der Waals surface area contributed by atoms with Gasteiger partial charge in [-0.3, -0.25) is 14.4 Å². The van der Waals surface area contributed by atoms with Gasteiger partial charge < -0.3 is 10.1 Å². The molecular weight excluding hydrogens is 389 g/mol. The lowest BCUT2D eigenvalue weighted by atomic mass is 10.1. The fourth-order valence-corrected chi connectivity index (χ4v) is 2.85. The number of esters is 1. The quantitative estimate of drug-likeness (QED) is 0.508. The van der Waals surface area contributed by atoms with E-state index in [-0.39, 0.29) is 24.7 Å². The molecule has 27 heavy (non-hydrogen) atoms. The van der Waals surface area contributed by atoms with Gasteiger partial charge in [0.15, 0.2) is 12.4 Å². The zero-order chi connectivity index (χ0) is 19.8. The van der Waals surface area contributed by atoms with Gasteiger partial charge in [0.1, 0.15) is 0 Å². The number of carbonyl (C=O) groups excluding carboxylic acids is 3. The predicted octanol–water partition coefficient (Wildman–Crippen LogP) is 4.70. The molecule has 7 heteroatoms. The SMILES string of the molecule is CCCC(=O)Nc1ccc(C(=O)COC(=O)Cc2c(Cl)cccc2Cl)cc1. The Hall–Kier alpha value is -2.37. The molecule has 142 valence electrons. The molecule has 0 fully saturated rings. The Morgan fingerprint density at radius 1 is 1.00 bits per heavy atom. The van der Waals surface area contributed by atoms with Crippen LogP contribution >= 0.6 is 23.2 Å². The lowest BCUT2D eigenvalue weighted by Crippen LogP contribution is -2.16. The van der Waals surface area contributed by atoms with Crippen LogP contribution in [-0.4, -0.2) is 24.3 Å². The predicted molar refractivity (Wildman–Crippen MR) is 105 cm³/mol. The minimum Gasteiger partial charge on any atom is -0.457 e. The smallest absolute Gasteiger partial charge is 0.310 e. The Labute approximate surface area is 167 Å².